The molecule has 0 aliphatic heterocycles. The average Bonchev–Trinajstić information content (AvgIpc) is 2.85. The lowest BCUT2D eigenvalue weighted by molar-refractivity contribution is 0.0844. The molecule has 2 aromatic heterocycles. The van der Waals surface area contributed by atoms with Gasteiger partial charge in [-0.15, -0.1) is 0 Å². The van der Waals surface area contributed by atoms with Crippen LogP contribution in [0.5, 0.6) is 5.75 Å². The Morgan fingerprint density at radius 3 is 2.36 bits per heavy atom. The highest BCUT2D eigenvalue weighted by molar-refractivity contribution is 6.02. The number of hydrogen-bond donors (Lipinski definition) is 3. The number of benzene rings is 1. The van der Waals surface area contributed by atoms with Crippen molar-refractivity contribution >= 4 is 22.8 Å². The topological polar surface area (TPSA) is 109 Å². The summed E-state index contributed by atoms with van der Waals surface area (Å²) in [6, 6.07) is 7.76. The van der Waals surface area contributed by atoms with Gasteiger partial charge in [0.05, 0.1) is 22.5 Å². The van der Waals surface area contributed by atoms with Gasteiger partial charge in [0.1, 0.15) is 5.75 Å². The number of rotatable bonds is 2. The zero-order valence-corrected chi connectivity index (χ0v) is 14.0. The minimum atomic E-state index is -0.615. The van der Waals surface area contributed by atoms with E-state index in [2.05, 4.69) is 20.9 Å². The maximum absolute atomic E-state index is 12.4. The number of hydrazine groups is 1. The normalized spacial score (nSPS) is 10.7. The number of fused-ring (bicyclic) bond motifs is 1. The Labute approximate surface area is 143 Å². The van der Waals surface area contributed by atoms with Crippen LogP contribution in [-0.4, -0.2) is 31.7 Å². The lowest BCUT2D eigenvalue weighted by atomic mass is 10.1. The molecule has 0 spiro atoms. The van der Waals surface area contributed by atoms with Crippen molar-refractivity contribution < 1.29 is 14.7 Å². The number of nitrogens with zero attached hydrogens (tertiary/aromatic N) is 3. The summed E-state index contributed by atoms with van der Waals surface area (Å²) in [5.41, 5.74) is 6.99. The first-order valence-corrected chi connectivity index (χ1v) is 7.58. The Bertz CT molecular complexity index is 993. The summed E-state index contributed by atoms with van der Waals surface area (Å²) in [7, 11) is 1.79. The molecule has 2 heterocycles. The van der Waals surface area contributed by atoms with E-state index in [-0.39, 0.29) is 11.3 Å². The number of hydrogen-bond acceptors (Lipinski definition) is 5. The smallest absolute Gasteiger partial charge is 0.273 e. The van der Waals surface area contributed by atoms with Crippen molar-refractivity contribution in [2.24, 2.45) is 7.05 Å². The van der Waals surface area contributed by atoms with Crippen LogP contribution in [0.4, 0.5) is 0 Å². The predicted molar refractivity (Wildman–Crippen MR) is 91.0 cm³/mol. The Kier molecular flexibility index (Phi) is 4.10. The summed E-state index contributed by atoms with van der Waals surface area (Å²) in [6.07, 6.45) is 0. The quantitative estimate of drug-likeness (QED) is 0.611. The van der Waals surface area contributed by atoms with Gasteiger partial charge in [-0.25, -0.2) is 4.98 Å². The molecule has 8 heteroatoms. The molecular weight excluding hydrogens is 322 g/mol. The molecule has 128 valence electrons. The van der Waals surface area contributed by atoms with Crippen LogP contribution in [0.1, 0.15) is 32.1 Å². The van der Waals surface area contributed by atoms with E-state index < -0.39 is 11.8 Å². The standard InChI is InChI=1S/C17H17N5O3/c1-9-13(8-12-10(2)21-22(3)15(12)18-9)17(25)20-19-16(24)11-6-4-5-7-14(11)23/h4-8,23H,1-3H3,(H,19,24)(H,20,25). The molecule has 0 bridgehead atoms. The number of aromatic hydroxyl groups is 1. The molecule has 8 nitrogen and oxygen atoms in total. The SMILES string of the molecule is Cc1nc2c(cc1C(=O)NNC(=O)c1ccccc1O)c(C)nn2C. The Morgan fingerprint density at radius 1 is 1.04 bits per heavy atom. The lowest BCUT2D eigenvalue weighted by Gasteiger charge is -2.10. The lowest BCUT2D eigenvalue weighted by Crippen LogP contribution is -2.42. The van der Waals surface area contributed by atoms with E-state index in [1.165, 1.54) is 12.1 Å². The molecule has 1 aromatic carbocycles. The zero-order valence-electron chi connectivity index (χ0n) is 14.0. The highest BCUT2D eigenvalue weighted by Gasteiger charge is 2.17. The molecule has 0 aliphatic rings. The number of carbonyl (C=O) groups is 2. The Morgan fingerprint density at radius 2 is 1.68 bits per heavy atom. The summed E-state index contributed by atoms with van der Waals surface area (Å²) in [5.74, 6) is -1.28. The second-order valence-corrected chi connectivity index (χ2v) is 5.63. The van der Waals surface area contributed by atoms with Crippen LogP contribution in [0.3, 0.4) is 0 Å². The fourth-order valence-corrected chi connectivity index (χ4v) is 2.58. The third-order valence-corrected chi connectivity index (χ3v) is 3.87. The van der Waals surface area contributed by atoms with Gasteiger partial charge in [-0.3, -0.25) is 25.1 Å². The van der Waals surface area contributed by atoms with Crippen LogP contribution in [0.15, 0.2) is 30.3 Å². The van der Waals surface area contributed by atoms with E-state index in [1.807, 2.05) is 6.92 Å². The van der Waals surface area contributed by atoms with Gasteiger partial charge >= 0.3 is 0 Å². The van der Waals surface area contributed by atoms with E-state index in [1.54, 1.807) is 36.9 Å². The summed E-state index contributed by atoms with van der Waals surface area (Å²) >= 11 is 0. The first kappa shape index (κ1) is 16.4. The van der Waals surface area contributed by atoms with Crippen LogP contribution in [-0.2, 0) is 7.05 Å². The van der Waals surface area contributed by atoms with Crippen molar-refractivity contribution in [2.75, 3.05) is 0 Å². The number of carbonyl (C=O) groups excluding carboxylic acids is 2. The fourth-order valence-electron chi connectivity index (χ4n) is 2.58. The van der Waals surface area contributed by atoms with Gasteiger partial charge in [0, 0.05) is 12.4 Å². The summed E-state index contributed by atoms with van der Waals surface area (Å²) in [4.78, 5) is 28.8. The molecular formula is C17H17N5O3. The highest BCUT2D eigenvalue weighted by atomic mass is 16.3. The van der Waals surface area contributed by atoms with E-state index in [9.17, 15) is 14.7 Å². The number of phenolic OH excluding ortho intramolecular Hbond substituents is 1. The molecule has 25 heavy (non-hydrogen) atoms. The largest absolute Gasteiger partial charge is 0.507 e. The number of amides is 2. The van der Waals surface area contributed by atoms with Gasteiger partial charge in [0.15, 0.2) is 5.65 Å². The van der Waals surface area contributed by atoms with Gasteiger partial charge < -0.3 is 5.11 Å². The molecule has 2 amide bonds. The number of aromatic nitrogens is 3. The molecule has 0 fully saturated rings. The van der Waals surface area contributed by atoms with E-state index in [0.29, 0.717) is 16.9 Å². The molecule has 0 saturated heterocycles. The van der Waals surface area contributed by atoms with Crippen molar-refractivity contribution in [3.8, 4) is 5.75 Å². The number of para-hydroxylation sites is 1. The van der Waals surface area contributed by atoms with E-state index >= 15 is 0 Å². The van der Waals surface area contributed by atoms with Gasteiger partial charge in [0.2, 0.25) is 0 Å². The minimum Gasteiger partial charge on any atom is -0.507 e. The predicted octanol–water partition coefficient (Wildman–Crippen LogP) is 1.37. The summed E-state index contributed by atoms with van der Waals surface area (Å²) in [5, 5.41) is 14.7. The maximum Gasteiger partial charge on any atom is 0.273 e. The van der Waals surface area contributed by atoms with Crippen molar-refractivity contribution in [2.45, 2.75) is 13.8 Å². The molecule has 3 rings (SSSR count). The average molecular weight is 339 g/mol. The zero-order chi connectivity index (χ0) is 18.1. The second kappa shape index (κ2) is 6.23. The fraction of sp³-hybridized carbons (Fsp3) is 0.176. The van der Waals surface area contributed by atoms with Gasteiger partial charge in [-0.05, 0) is 32.0 Å². The summed E-state index contributed by atoms with van der Waals surface area (Å²) in [6.45, 7) is 3.54. The van der Waals surface area contributed by atoms with Crippen molar-refractivity contribution in [3.05, 3.63) is 52.8 Å². The number of pyridine rings is 1. The van der Waals surface area contributed by atoms with Crippen molar-refractivity contribution in [1.82, 2.24) is 25.6 Å². The monoisotopic (exact) mass is 339 g/mol. The molecule has 0 aliphatic carbocycles. The van der Waals surface area contributed by atoms with Gasteiger partial charge in [0.25, 0.3) is 11.8 Å². The molecule has 0 atom stereocenters. The van der Waals surface area contributed by atoms with E-state index in [0.717, 1.165) is 11.1 Å². The Hall–Kier alpha value is -3.42. The third kappa shape index (κ3) is 3.01. The summed E-state index contributed by atoms with van der Waals surface area (Å²) < 4.78 is 1.65. The number of aryl methyl sites for hydroxylation is 3. The van der Waals surface area contributed by atoms with Crippen LogP contribution < -0.4 is 10.9 Å². The molecule has 3 aromatic rings. The minimum absolute atomic E-state index is 0.0659. The molecule has 3 N–H and O–H groups in total. The highest BCUT2D eigenvalue weighted by Crippen LogP contribution is 2.19. The molecule has 0 unspecified atom stereocenters. The van der Waals surface area contributed by atoms with Gasteiger partial charge in [-0.1, -0.05) is 12.1 Å². The van der Waals surface area contributed by atoms with Crippen molar-refractivity contribution in [1.29, 1.82) is 0 Å². The number of nitrogens with one attached hydrogen (secondary N) is 2. The van der Waals surface area contributed by atoms with Crippen LogP contribution in [0.25, 0.3) is 11.0 Å². The Balaban J connectivity index is 1.81. The number of phenols is 1. The molecule has 0 saturated carbocycles. The van der Waals surface area contributed by atoms with Crippen LogP contribution in [0, 0.1) is 13.8 Å². The first-order valence-electron chi connectivity index (χ1n) is 7.58. The second-order valence-electron chi connectivity index (χ2n) is 5.63. The molecule has 0 radical (unpaired) electrons. The van der Waals surface area contributed by atoms with Crippen LogP contribution >= 0.6 is 0 Å². The van der Waals surface area contributed by atoms with Crippen LogP contribution in [0.2, 0.25) is 0 Å². The maximum atomic E-state index is 12.4. The third-order valence-electron chi connectivity index (χ3n) is 3.87. The van der Waals surface area contributed by atoms with Crippen molar-refractivity contribution in [3.63, 3.8) is 0 Å². The first-order chi connectivity index (χ1) is 11.9. The van der Waals surface area contributed by atoms with E-state index in [4.69, 9.17) is 0 Å². The van der Waals surface area contributed by atoms with Gasteiger partial charge in [-0.2, -0.15) is 5.10 Å².